The molecule has 4 nitrogen and oxygen atoms in total. The van der Waals surface area contributed by atoms with Gasteiger partial charge in [0.1, 0.15) is 0 Å². The van der Waals surface area contributed by atoms with Crippen LogP contribution in [0.1, 0.15) is 5.69 Å². The van der Waals surface area contributed by atoms with Crippen molar-refractivity contribution in [3.8, 4) is 0 Å². The fourth-order valence-electron chi connectivity index (χ4n) is 1.54. The van der Waals surface area contributed by atoms with Crippen molar-refractivity contribution in [2.24, 2.45) is 0 Å². The molecule has 4 heteroatoms. The Morgan fingerprint density at radius 1 is 1.31 bits per heavy atom. The number of carboxylic acid groups (broad SMARTS) is 1. The third-order valence-electron chi connectivity index (χ3n) is 2.25. The Balaban J connectivity index is 2.54. The van der Waals surface area contributed by atoms with Crippen LogP contribution in [0.5, 0.6) is 0 Å². The number of rotatable bonds is 3. The number of nitrogens with one attached hydrogen (secondary N) is 1. The Hall–Kier alpha value is -2.36. The summed E-state index contributed by atoms with van der Waals surface area (Å²) in [5.41, 5.74) is 1.51. The highest BCUT2D eigenvalue weighted by Gasteiger charge is 2.06. The fourth-order valence-corrected chi connectivity index (χ4v) is 1.54. The molecule has 1 aromatic carbocycles. The van der Waals surface area contributed by atoms with Gasteiger partial charge in [0.05, 0.1) is 5.69 Å². The van der Waals surface area contributed by atoms with Crippen LogP contribution in [0.15, 0.2) is 36.4 Å². The van der Waals surface area contributed by atoms with Crippen LogP contribution in [0, 0.1) is 0 Å². The molecule has 16 heavy (non-hydrogen) atoms. The normalized spacial score (nSPS) is 11.6. The van der Waals surface area contributed by atoms with Crippen molar-refractivity contribution in [1.29, 1.82) is 0 Å². The number of carbonyl (C=O) groups excluding carboxylic acids is 1. The lowest BCUT2D eigenvalue weighted by molar-refractivity contribution is -0.131. The molecule has 1 heterocycles. The van der Waals surface area contributed by atoms with Gasteiger partial charge < -0.3 is 10.1 Å². The van der Waals surface area contributed by atoms with Crippen LogP contribution >= 0.6 is 0 Å². The van der Waals surface area contributed by atoms with Crippen LogP contribution < -0.4 is 0 Å². The van der Waals surface area contributed by atoms with Gasteiger partial charge in [0.15, 0.2) is 6.29 Å². The average molecular weight is 215 g/mol. The van der Waals surface area contributed by atoms with Crippen LogP contribution in [-0.4, -0.2) is 22.3 Å². The van der Waals surface area contributed by atoms with E-state index in [2.05, 4.69) is 4.98 Å². The molecule has 0 aliphatic heterocycles. The second kappa shape index (κ2) is 4.02. The van der Waals surface area contributed by atoms with E-state index in [1.165, 1.54) is 0 Å². The van der Waals surface area contributed by atoms with E-state index in [1.807, 2.05) is 24.3 Å². The molecule has 2 rings (SSSR count). The van der Waals surface area contributed by atoms with E-state index in [0.717, 1.165) is 17.0 Å². The van der Waals surface area contributed by atoms with Gasteiger partial charge in [0, 0.05) is 22.6 Å². The second-order valence-corrected chi connectivity index (χ2v) is 3.33. The Kier molecular flexibility index (Phi) is 2.55. The van der Waals surface area contributed by atoms with E-state index in [0.29, 0.717) is 12.0 Å². The van der Waals surface area contributed by atoms with Gasteiger partial charge >= 0.3 is 5.97 Å². The second-order valence-electron chi connectivity index (χ2n) is 3.33. The summed E-state index contributed by atoms with van der Waals surface area (Å²) in [4.78, 5) is 24.3. The van der Waals surface area contributed by atoms with E-state index >= 15 is 0 Å². The summed E-state index contributed by atoms with van der Waals surface area (Å²) < 4.78 is 0. The third-order valence-corrected chi connectivity index (χ3v) is 2.25. The molecule has 0 spiro atoms. The maximum absolute atomic E-state index is 10.8. The molecule has 2 aromatic rings. The minimum Gasteiger partial charge on any atom is -0.478 e. The highest BCUT2D eigenvalue weighted by Crippen LogP contribution is 2.19. The van der Waals surface area contributed by atoms with Crippen LogP contribution in [0.3, 0.4) is 0 Å². The zero-order valence-electron chi connectivity index (χ0n) is 8.31. The average Bonchev–Trinajstić information content (AvgIpc) is 2.68. The first-order valence-electron chi connectivity index (χ1n) is 4.68. The van der Waals surface area contributed by atoms with Gasteiger partial charge in [-0.3, -0.25) is 4.79 Å². The van der Waals surface area contributed by atoms with Gasteiger partial charge in [0.2, 0.25) is 0 Å². The number of carbonyl (C=O) groups is 2. The molecule has 80 valence electrons. The summed E-state index contributed by atoms with van der Waals surface area (Å²) in [7, 11) is 0. The van der Waals surface area contributed by atoms with Crippen molar-refractivity contribution in [1.82, 2.24) is 4.98 Å². The van der Waals surface area contributed by atoms with Crippen LogP contribution in [-0.2, 0) is 9.59 Å². The Morgan fingerprint density at radius 2 is 2.06 bits per heavy atom. The first kappa shape index (κ1) is 10.2. The Morgan fingerprint density at radius 3 is 2.69 bits per heavy atom. The molecule has 2 N–H and O–H groups in total. The van der Waals surface area contributed by atoms with Gasteiger partial charge in [-0.2, -0.15) is 0 Å². The van der Waals surface area contributed by atoms with E-state index in [4.69, 9.17) is 5.11 Å². The van der Waals surface area contributed by atoms with E-state index in [9.17, 15) is 9.59 Å². The number of aromatic amines is 1. The van der Waals surface area contributed by atoms with Gasteiger partial charge in [-0.1, -0.05) is 18.2 Å². The smallest absolute Gasteiger partial charge is 0.329 e. The maximum atomic E-state index is 10.8. The van der Waals surface area contributed by atoms with Crippen molar-refractivity contribution in [3.63, 3.8) is 0 Å². The van der Waals surface area contributed by atoms with Crippen LogP contribution in [0.2, 0.25) is 0 Å². The van der Waals surface area contributed by atoms with Crippen LogP contribution in [0.25, 0.3) is 16.5 Å². The standard InChI is InChI=1S/C12H9NO3/c14-7-9(6-12(15)16)11-5-8-3-1-2-4-10(8)13-11/h1-7,13H,(H,15,16)/b9-6-. The quantitative estimate of drug-likeness (QED) is 0.606. The highest BCUT2D eigenvalue weighted by molar-refractivity contribution is 6.13. The summed E-state index contributed by atoms with van der Waals surface area (Å²) in [6.07, 6.45) is 1.41. The molecule has 0 bridgehead atoms. The predicted molar refractivity (Wildman–Crippen MR) is 60.0 cm³/mol. The molecule has 1 aromatic heterocycles. The number of aldehydes is 1. The lowest BCUT2D eigenvalue weighted by Gasteiger charge is -1.92. The number of aliphatic carboxylic acids is 1. The van der Waals surface area contributed by atoms with Gasteiger partial charge in [-0.05, 0) is 12.1 Å². The van der Waals surface area contributed by atoms with Crippen molar-refractivity contribution in [2.45, 2.75) is 0 Å². The summed E-state index contributed by atoms with van der Waals surface area (Å²) in [5.74, 6) is -1.14. The summed E-state index contributed by atoms with van der Waals surface area (Å²) in [5, 5.41) is 9.54. The SMILES string of the molecule is O=C/C(=C/C(=O)O)c1cc2ccccc2[nH]1. The highest BCUT2D eigenvalue weighted by atomic mass is 16.4. The monoisotopic (exact) mass is 215 g/mol. The molecule has 0 amide bonds. The predicted octanol–water partition coefficient (Wildman–Crippen LogP) is 1.83. The number of carboxylic acids is 1. The van der Waals surface area contributed by atoms with E-state index in [1.54, 1.807) is 6.07 Å². The van der Waals surface area contributed by atoms with Gasteiger partial charge in [-0.25, -0.2) is 4.79 Å². The van der Waals surface area contributed by atoms with Crippen molar-refractivity contribution in [3.05, 3.63) is 42.1 Å². The molecule has 0 fully saturated rings. The molecule has 0 atom stereocenters. The van der Waals surface area contributed by atoms with Crippen molar-refractivity contribution in [2.75, 3.05) is 0 Å². The number of fused-ring (bicyclic) bond motifs is 1. The zero-order valence-corrected chi connectivity index (χ0v) is 8.31. The maximum Gasteiger partial charge on any atom is 0.329 e. The van der Waals surface area contributed by atoms with Gasteiger partial charge in [0.25, 0.3) is 0 Å². The number of hydrogen-bond donors (Lipinski definition) is 2. The summed E-state index contributed by atoms with van der Waals surface area (Å²) in [6, 6.07) is 9.24. The first-order chi connectivity index (χ1) is 7.70. The Labute approximate surface area is 91.2 Å². The first-order valence-corrected chi connectivity index (χ1v) is 4.68. The third kappa shape index (κ3) is 1.86. The van der Waals surface area contributed by atoms with Crippen molar-refractivity contribution >= 4 is 28.7 Å². The molecule has 0 radical (unpaired) electrons. The number of aromatic nitrogens is 1. The number of H-pyrrole nitrogens is 1. The number of para-hydroxylation sites is 1. The van der Waals surface area contributed by atoms with E-state index in [-0.39, 0.29) is 5.57 Å². The molecule has 0 unspecified atom stereocenters. The number of hydrogen-bond acceptors (Lipinski definition) is 2. The molecule has 0 saturated carbocycles. The molecule has 0 aliphatic carbocycles. The van der Waals surface area contributed by atoms with Crippen molar-refractivity contribution < 1.29 is 14.7 Å². The summed E-state index contributed by atoms with van der Waals surface area (Å²) in [6.45, 7) is 0. The molecule has 0 aliphatic rings. The largest absolute Gasteiger partial charge is 0.478 e. The number of benzene rings is 1. The minimum atomic E-state index is -1.14. The molecular formula is C12H9NO3. The van der Waals surface area contributed by atoms with Gasteiger partial charge in [-0.15, -0.1) is 0 Å². The fraction of sp³-hybridized carbons (Fsp3) is 0. The van der Waals surface area contributed by atoms with E-state index < -0.39 is 5.97 Å². The number of allylic oxidation sites excluding steroid dienone is 1. The molecule has 0 saturated heterocycles. The Bertz CT molecular complexity index is 548. The lowest BCUT2D eigenvalue weighted by Crippen LogP contribution is -1.93. The van der Waals surface area contributed by atoms with Crippen LogP contribution in [0.4, 0.5) is 0 Å². The zero-order chi connectivity index (χ0) is 11.5. The molecular weight excluding hydrogens is 206 g/mol. The lowest BCUT2D eigenvalue weighted by atomic mass is 10.2. The minimum absolute atomic E-state index is 0.128. The summed E-state index contributed by atoms with van der Waals surface area (Å²) >= 11 is 0. The topological polar surface area (TPSA) is 70.2 Å².